The van der Waals surface area contributed by atoms with Gasteiger partial charge in [0.1, 0.15) is 5.75 Å². The Morgan fingerprint density at radius 1 is 1.16 bits per heavy atom. The molecule has 0 fully saturated rings. The predicted molar refractivity (Wildman–Crippen MR) is 104 cm³/mol. The number of hydrogen-bond donors (Lipinski definition) is 3. The van der Waals surface area contributed by atoms with Gasteiger partial charge in [-0.3, -0.25) is 10.2 Å². The van der Waals surface area contributed by atoms with Gasteiger partial charge in [0.2, 0.25) is 6.41 Å². The molecule has 2 aromatic rings. The number of amides is 1. The molecule has 0 aliphatic rings. The smallest absolute Gasteiger partial charge is 0.221 e. The molecule has 0 unspecified atom stereocenters. The first-order chi connectivity index (χ1) is 11.9. The molecule has 2 aromatic carbocycles. The molecule has 0 saturated heterocycles. The molecule has 6 heteroatoms. The number of carbonyl (C=O) groups excluding carboxylic acids is 1. The molecule has 5 N–H and O–H groups in total. The average Bonchev–Trinajstić information content (AvgIpc) is 2.62. The lowest BCUT2D eigenvalue weighted by Crippen LogP contribution is -2.25. The molecule has 25 heavy (non-hydrogen) atoms. The number of rotatable bonds is 5. The van der Waals surface area contributed by atoms with Crippen molar-refractivity contribution in [2.75, 3.05) is 19.2 Å². The molecule has 6 nitrogen and oxygen atoms in total. The number of aryl methyl sites for hydroxylation is 2. The fraction of sp³-hybridized carbons (Fsp3) is 0.211. The fourth-order valence-electron chi connectivity index (χ4n) is 2.30. The summed E-state index contributed by atoms with van der Waals surface area (Å²) in [6, 6.07) is 12.3. The van der Waals surface area contributed by atoms with Crippen LogP contribution in [0, 0.1) is 13.8 Å². The molecule has 0 aromatic heterocycles. The Hall–Kier alpha value is -2.83. The number of hydrazine groups is 2. The van der Waals surface area contributed by atoms with Gasteiger partial charge in [0.25, 0.3) is 0 Å². The van der Waals surface area contributed by atoms with Gasteiger partial charge in [-0.25, -0.2) is 11.7 Å². The highest BCUT2D eigenvalue weighted by Crippen LogP contribution is 2.30. The van der Waals surface area contributed by atoms with E-state index in [0.717, 1.165) is 17.0 Å². The van der Waals surface area contributed by atoms with Crippen LogP contribution in [-0.4, -0.2) is 20.6 Å². The molecular weight excluding hydrogens is 316 g/mol. The molecule has 0 bridgehead atoms. The Kier molecular flexibility index (Phi) is 8.18. The zero-order chi connectivity index (χ0) is 18.8. The number of anilines is 1. The van der Waals surface area contributed by atoms with Gasteiger partial charge in [-0.2, -0.15) is 0 Å². The third-order valence-corrected chi connectivity index (χ3v) is 3.58. The van der Waals surface area contributed by atoms with E-state index in [1.807, 2.05) is 25.2 Å². The number of hydrogen-bond acceptors (Lipinski definition) is 5. The van der Waals surface area contributed by atoms with Crippen LogP contribution in [0.15, 0.2) is 36.4 Å². The van der Waals surface area contributed by atoms with Gasteiger partial charge < -0.3 is 9.75 Å². The predicted octanol–water partition coefficient (Wildman–Crippen LogP) is 2.40. The van der Waals surface area contributed by atoms with Crippen LogP contribution in [-0.2, 0) is 4.79 Å². The molecule has 0 heterocycles. The number of methoxy groups -OCH3 is 1. The lowest BCUT2D eigenvalue weighted by atomic mass is 10.0. The summed E-state index contributed by atoms with van der Waals surface area (Å²) in [7, 11) is 3.49. The van der Waals surface area contributed by atoms with E-state index >= 15 is 0 Å². The molecule has 134 valence electrons. The minimum Gasteiger partial charge on any atom is -0.496 e. The largest absolute Gasteiger partial charge is 0.496 e. The summed E-state index contributed by atoms with van der Waals surface area (Å²) in [5.74, 6) is 11.1. The SMILES string of the molecule is COc1cccc(N(C)N)c1/C=C/c1cc(C)ccc1C.NNC=O. The van der Waals surface area contributed by atoms with Crippen LogP contribution in [0.5, 0.6) is 5.75 Å². The van der Waals surface area contributed by atoms with Crippen molar-refractivity contribution in [1.82, 2.24) is 5.43 Å². The van der Waals surface area contributed by atoms with Gasteiger partial charge in [0.15, 0.2) is 0 Å². The second-order valence-electron chi connectivity index (χ2n) is 5.48. The normalized spacial score (nSPS) is 10.0. The third kappa shape index (κ3) is 5.95. The van der Waals surface area contributed by atoms with Crippen molar-refractivity contribution in [3.05, 3.63) is 58.7 Å². The number of benzene rings is 2. The first-order valence-electron chi connectivity index (χ1n) is 7.75. The maximum Gasteiger partial charge on any atom is 0.221 e. The third-order valence-electron chi connectivity index (χ3n) is 3.58. The molecule has 0 aliphatic carbocycles. The highest BCUT2D eigenvalue weighted by molar-refractivity contribution is 5.81. The zero-order valence-corrected chi connectivity index (χ0v) is 15.1. The van der Waals surface area contributed by atoms with Gasteiger partial charge in [-0.15, -0.1) is 0 Å². The molecule has 1 amide bonds. The molecule has 0 aliphatic heterocycles. The van der Waals surface area contributed by atoms with Crippen LogP contribution >= 0.6 is 0 Å². The number of nitrogens with one attached hydrogen (secondary N) is 1. The van der Waals surface area contributed by atoms with E-state index in [1.165, 1.54) is 16.7 Å². The highest BCUT2D eigenvalue weighted by Gasteiger charge is 2.08. The summed E-state index contributed by atoms with van der Waals surface area (Å²) in [5, 5.41) is 1.60. The number of nitrogens with two attached hydrogens (primary N) is 2. The van der Waals surface area contributed by atoms with Crippen LogP contribution < -0.4 is 26.9 Å². The first kappa shape index (κ1) is 20.2. The van der Waals surface area contributed by atoms with Crippen LogP contribution in [0.2, 0.25) is 0 Å². The van der Waals surface area contributed by atoms with Crippen molar-refractivity contribution in [2.45, 2.75) is 13.8 Å². The summed E-state index contributed by atoms with van der Waals surface area (Å²) in [5.41, 5.74) is 7.35. The van der Waals surface area contributed by atoms with Gasteiger partial charge in [0.05, 0.1) is 12.8 Å². The van der Waals surface area contributed by atoms with Crippen molar-refractivity contribution in [3.8, 4) is 5.75 Å². The Labute approximate surface area is 149 Å². The summed E-state index contributed by atoms with van der Waals surface area (Å²) >= 11 is 0. The van der Waals surface area contributed by atoms with Crippen LogP contribution in [0.4, 0.5) is 5.69 Å². The second-order valence-corrected chi connectivity index (χ2v) is 5.48. The number of carbonyl (C=O) groups is 1. The first-order valence-corrected chi connectivity index (χ1v) is 7.75. The maximum absolute atomic E-state index is 8.94. The van der Waals surface area contributed by atoms with Gasteiger partial charge >= 0.3 is 0 Å². The Morgan fingerprint density at radius 2 is 1.84 bits per heavy atom. The quantitative estimate of drug-likeness (QED) is 0.255. The lowest BCUT2D eigenvalue weighted by Gasteiger charge is -2.17. The Morgan fingerprint density at radius 3 is 2.40 bits per heavy atom. The summed E-state index contributed by atoms with van der Waals surface area (Å²) < 4.78 is 5.45. The van der Waals surface area contributed by atoms with E-state index in [1.54, 1.807) is 17.5 Å². The standard InChI is InChI=1S/C18H22N2O.CH4N2O/c1-13-8-9-14(2)15(12-13)10-11-16-17(20(3)19)6-5-7-18(16)21-4;2-3-1-4/h5-12H,19H2,1-4H3;1H,2H2,(H,3,4)/b11-10+;. The van der Waals surface area contributed by atoms with Crippen molar-refractivity contribution in [3.63, 3.8) is 0 Å². The van der Waals surface area contributed by atoms with Crippen LogP contribution in [0.25, 0.3) is 12.2 Å². The maximum atomic E-state index is 8.94. The van der Waals surface area contributed by atoms with Crippen molar-refractivity contribution >= 4 is 24.2 Å². The number of nitrogens with zero attached hydrogens (tertiary/aromatic N) is 1. The zero-order valence-electron chi connectivity index (χ0n) is 15.1. The van der Waals surface area contributed by atoms with E-state index in [4.69, 9.17) is 15.4 Å². The van der Waals surface area contributed by atoms with Crippen LogP contribution in [0.1, 0.15) is 22.3 Å². The van der Waals surface area contributed by atoms with Gasteiger partial charge in [-0.1, -0.05) is 35.9 Å². The van der Waals surface area contributed by atoms with E-state index in [-0.39, 0.29) is 0 Å². The Balaban J connectivity index is 0.000000705. The number of ether oxygens (including phenoxy) is 1. The van der Waals surface area contributed by atoms with Gasteiger partial charge in [-0.05, 0) is 43.2 Å². The molecule has 0 spiro atoms. The van der Waals surface area contributed by atoms with Gasteiger partial charge in [0, 0.05) is 12.6 Å². The summed E-state index contributed by atoms with van der Waals surface area (Å²) in [4.78, 5) is 8.94. The van der Waals surface area contributed by atoms with E-state index in [2.05, 4.69) is 50.0 Å². The minimum atomic E-state index is 0.403. The second kappa shape index (κ2) is 10.1. The molecule has 0 radical (unpaired) electrons. The Bertz CT molecular complexity index is 727. The monoisotopic (exact) mass is 342 g/mol. The molecule has 2 rings (SSSR count). The molecular formula is C19H26N4O2. The lowest BCUT2D eigenvalue weighted by molar-refractivity contribution is -0.109. The van der Waals surface area contributed by atoms with Crippen molar-refractivity contribution < 1.29 is 9.53 Å². The van der Waals surface area contributed by atoms with E-state index in [9.17, 15) is 0 Å². The summed E-state index contributed by atoms with van der Waals surface area (Å²) in [6.45, 7) is 4.20. The van der Waals surface area contributed by atoms with Crippen molar-refractivity contribution in [1.29, 1.82) is 0 Å². The summed E-state index contributed by atoms with van der Waals surface area (Å²) in [6.07, 6.45) is 4.56. The fourth-order valence-corrected chi connectivity index (χ4v) is 2.30. The van der Waals surface area contributed by atoms with E-state index in [0.29, 0.717) is 6.41 Å². The molecule has 0 atom stereocenters. The van der Waals surface area contributed by atoms with E-state index < -0.39 is 0 Å². The average molecular weight is 342 g/mol. The molecule has 0 saturated carbocycles. The van der Waals surface area contributed by atoms with Crippen molar-refractivity contribution in [2.24, 2.45) is 11.7 Å². The topological polar surface area (TPSA) is 93.6 Å². The van der Waals surface area contributed by atoms with Crippen LogP contribution in [0.3, 0.4) is 0 Å². The minimum absolute atomic E-state index is 0.403. The highest BCUT2D eigenvalue weighted by atomic mass is 16.5.